The van der Waals surface area contributed by atoms with E-state index in [9.17, 15) is 9.90 Å². The molecule has 2 N–H and O–H groups in total. The molecule has 0 radical (unpaired) electrons. The lowest BCUT2D eigenvalue weighted by atomic mass is 10.1. The van der Waals surface area contributed by atoms with Crippen LogP contribution in [0, 0.1) is 0 Å². The fraction of sp³-hybridized carbons (Fsp3) is 0.222. The van der Waals surface area contributed by atoms with Crippen LogP contribution in [0.1, 0.15) is 24.5 Å². The van der Waals surface area contributed by atoms with E-state index < -0.39 is 0 Å². The summed E-state index contributed by atoms with van der Waals surface area (Å²) in [5.74, 6) is 0.330. The van der Waals surface area contributed by atoms with E-state index in [-0.39, 0.29) is 11.7 Å². The highest BCUT2D eigenvalue weighted by atomic mass is 16.5. The minimum absolute atomic E-state index is 0.0795. The molecule has 2 aromatic rings. The Bertz CT molecular complexity index is 669. The molecule has 23 heavy (non-hydrogen) atoms. The van der Waals surface area contributed by atoms with Gasteiger partial charge in [0.25, 0.3) is 0 Å². The molecule has 5 heteroatoms. The number of amides is 1. The largest absolute Gasteiger partial charge is 0.504 e. The smallest absolute Gasteiger partial charge is 0.240 e. The number of ether oxygens (including phenoxy) is 1. The highest BCUT2D eigenvalue weighted by Gasteiger charge is 2.03. The van der Waals surface area contributed by atoms with Gasteiger partial charge < -0.3 is 9.84 Å². The van der Waals surface area contributed by atoms with Crippen LogP contribution in [0.3, 0.4) is 0 Å². The molecular formula is C18H20N2O3. The number of phenolic OH excluding ortho intramolecular Hbond substituents is 1. The third-order valence-corrected chi connectivity index (χ3v) is 3.17. The first kappa shape index (κ1) is 16.5. The van der Waals surface area contributed by atoms with Gasteiger partial charge in [0.15, 0.2) is 11.5 Å². The fourth-order valence-electron chi connectivity index (χ4n) is 2.02. The van der Waals surface area contributed by atoms with E-state index in [2.05, 4.69) is 10.5 Å². The van der Waals surface area contributed by atoms with E-state index in [4.69, 9.17) is 4.74 Å². The molecule has 0 fully saturated rings. The molecule has 0 saturated carbocycles. The summed E-state index contributed by atoms with van der Waals surface area (Å²) in [5, 5.41) is 13.5. The third kappa shape index (κ3) is 5.47. The van der Waals surface area contributed by atoms with E-state index in [0.717, 1.165) is 11.1 Å². The normalized spacial score (nSPS) is 10.7. The number of rotatable bonds is 7. The van der Waals surface area contributed by atoms with Crippen LogP contribution in [0.25, 0.3) is 0 Å². The van der Waals surface area contributed by atoms with Crippen molar-refractivity contribution in [1.82, 2.24) is 5.43 Å². The van der Waals surface area contributed by atoms with Crippen LogP contribution in [-0.2, 0) is 11.2 Å². The molecular weight excluding hydrogens is 292 g/mol. The maximum atomic E-state index is 11.7. The first-order valence-electron chi connectivity index (χ1n) is 7.50. The van der Waals surface area contributed by atoms with E-state index in [1.54, 1.807) is 12.1 Å². The molecule has 120 valence electrons. The molecule has 0 aromatic heterocycles. The molecule has 0 atom stereocenters. The zero-order chi connectivity index (χ0) is 16.5. The van der Waals surface area contributed by atoms with Gasteiger partial charge in [0, 0.05) is 6.42 Å². The number of nitrogens with one attached hydrogen (secondary N) is 1. The number of benzene rings is 2. The second-order valence-electron chi connectivity index (χ2n) is 4.94. The Morgan fingerprint density at radius 1 is 1.26 bits per heavy atom. The monoisotopic (exact) mass is 312 g/mol. The highest BCUT2D eigenvalue weighted by Crippen LogP contribution is 2.26. The third-order valence-electron chi connectivity index (χ3n) is 3.17. The van der Waals surface area contributed by atoms with Crippen LogP contribution >= 0.6 is 0 Å². The number of carbonyl (C=O) groups is 1. The van der Waals surface area contributed by atoms with Crippen molar-refractivity contribution in [3.63, 3.8) is 0 Å². The van der Waals surface area contributed by atoms with E-state index in [1.165, 1.54) is 12.3 Å². The van der Waals surface area contributed by atoms with Crippen molar-refractivity contribution >= 4 is 12.1 Å². The first-order valence-corrected chi connectivity index (χ1v) is 7.50. The summed E-state index contributed by atoms with van der Waals surface area (Å²) < 4.78 is 5.29. The molecule has 0 aliphatic carbocycles. The zero-order valence-electron chi connectivity index (χ0n) is 13.0. The zero-order valence-corrected chi connectivity index (χ0v) is 13.0. The molecule has 1 amide bonds. The number of carbonyl (C=O) groups excluding carboxylic acids is 1. The van der Waals surface area contributed by atoms with Gasteiger partial charge in [0.05, 0.1) is 12.8 Å². The van der Waals surface area contributed by atoms with Crippen LogP contribution in [0.2, 0.25) is 0 Å². The predicted octanol–water partition coefficient (Wildman–Crippen LogP) is 2.87. The molecule has 0 unspecified atom stereocenters. The van der Waals surface area contributed by atoms with E-state index >= 15 is 0 Å². The Balaban J connectivity index is 1.84. The number of hydrogen-bond donors (Lipinski definition) is 2. The first-order chi connectivity index (χ1) is 11.2. The van der Waals surface area contributed by atoms with Gasteiger partial charge in [-0.1, -0.05) is 30.3 Å². The van der Waals surface area contributed by atoms with Crippen molar-refractivity contribution in [3.05, 3.63) is 59.7 Å². The Morgan fingerprint density at radius 3 is 2.78 bits per heavy atom. The minimum atomic E-state index is -0.145. The second-order valence-corrected chi connectivity index (χ2v) is 4.94. The average Bonchev–Trinajstić information content (AvgIpc) is 2.57. The second kappa shape index (κ2) is 8.58. The van der Waals surface area contributed by atoms with Crippen molar-refractivity contribution in [2.24, 2.45) is 5.10 Å². The standard InChI is InChI=1S/C18H20N2O3/c1-2-23-17-12-15(8-10-16(17)21)13-19-20-18(22)11-9-14-6-4-3-5-7-14/h3-8,10,12-13,21H,2,9,11H2,1H3,(H,20,22)/b19-13+. The maximum absolute atomic E-state index is 11.7. The van der Waals surface area contributed by atoms with Crippen molar-refractivity contribution < 1.29 is 14.6 Å². The van der Waals surface area contributed by atoms with E-state index in [1.807, 2.05) is 37.3 Å². The summed E-state index contributed by atoms with van der Waals surface area (Å²) in [5.41, 5.74) is 4.34. The van der Waals surface area contributed by atoms with Crippen LogP contribution in [0.5, 0.6) is 11.5 Å². The average molecular weight is 312 g/mol. The summed E-state index contributed by atoms with van der Waals surface area (Å²) in [4.78, 5) is 11.7. The molecule has 5 nitrogen and oxygen atoms in total. The summed E-state index contributed by atoms with van der Waals surface area (Å²) in [6, 6.07) is 14.7. The molecule has 2 rings (SSSR count). The van der Waals surface area contributed by atoms with Crippen LogP contribution in [0.4, 0.5) is 0 Å². The lowest BCUT2D eigenvalue weighted by Crippen LogP contribution is -2.17. The molecule has 0 heterocycles. The number of hydrazone groups is 1. The van der Waals surface area contributed by atoms with Gasteiger partial charge in [-0.2, -0.15) is 5.10 Å². The number of aryl methyl sites for hydroxylation is 1. The molecule has 0 aliphatic heterocycles. The Morgan fingerprint density at radius 2 is 2.04 bits per heavy atom. The Labute approximate surface area is 135 Å². The Kier molecular flexibility index (Phi) is 6.17. The van der Waals surface area contributed by atoms with Gasteiger partial charge in [-0.25, -0.2) is 5.43 Å². The van der Waals surface area contributed by atoms with Crippen LogP contribution in [-0.4, -0.2) is 23.8 Å². The molecule has 0 aliphatic rings. The minimum Gasteiger partial charge on any atom is -0.504 e. The predicted molar refractivity (Wildman–Crippen MR) is 89.8 cm³/mol. The lowest BCUT2D eigenvalue weighted by Gasteiger charge is -2.06. The molecule has 0 spiro atoms. The van der Waals surface area contributed by atoms with Crippen molar-refractivity contribution in [1.29, 1.82) is 0 Å². The number of nitrogens with zero attached hydrogens (tertiary/aromatic N) is 1. The van der Waals surface area contributed by atoms with Crippen molar-refractivity contribution in [2.75, 3.05) is 6.61 Å². The van der Waals surface area contributed by atoms with Gasteiger partial charge in [-0.15, -0.1) is 0 Å². The van der Waals surface area contributed by atoms with Gasteiger partial charge in [0.1, 0.15) is 0 Å². The molecule has 2 aromatic carbocycles. The molecule has 0 saturated heterocycles. The SMILES string of the molecule is CCOc1cc(/C=N/NC(=O)CCc2ccccc2)ccc1O. The summed E-state index contributed by atoms with van der Waals surface area (Å²) in [7, 11) is 0. The number of phenols is 1. The van der Waals surface area contributed by atoms with Crippen molar-refractivity contribution in [3.8, 4) is 11.5 Å². The summed E-state index contributed by atoms with van der Waals surface area (Å²) >= 11 is 0. The Hall–Kier alpha value is -2.82. The highest BCUT2D eigenvalue weighted by molar-refractivity contribution is 5.83. The quantitative estimate of drug-likeness (QED) is 0.610. The number of hydrogen-bond acceptors (Lipinski definition) is 4. The van der Waals surface area contributed by atoms with E-state index in [0.29, 0.717) is 25.2 Å². The number of aromatic hydroxyl groups is 1. The van der Waals surface area contributed by atoms with Gasteiger partial charge in [0.2, 0.25) is 5.91 Å². The maximum Gasteiger partial charge on any atom is 0.240 e. The summed E-state index contributed by atoms with van der Waals surface area (Å²) in [6.45, 7) is 2.30. The van der Waals surface area contributed by atoms with Gasteiger partial charge in [-0.05, 0) is 42.7 Å². The van der Waals surface area contributed by atoms with Crippen LogP contribution < -0.4 is 10.2 Å². The fourth-order valence-corrected chi connectivity index (χ4v) is 2.02. The van der Waals surface area contributed by atoms with Crippen LogP contribution in [0.15, 0.2) is 53.6 Å². The summed E-state index contributed by atoms with van der Waals surface area (Å²) in [6.07, 6.45) is 2.57. The molecule has 0 bridgehead atoms. The van der Waals surface area contributed by atoms with Gasteiger partial charge in [-0.3, -0.25) is 4.79 Å². The van der Waals surface area contributed by atoms with Crippen molar-refractivity contribution in [2.45, 2.75) is 19.8 Å². The topological polar surface area (TPSA) is 70.9 Å². The lowest BCUT2D eigenvalue weighted by molar-refractivity contribution is -0.121. The van der Waals surface area contributed by atoms with Gasteiger partial charge >= 0.3 is 0 Å².